The van der Waals surface area contributed by atoms with E-state index in [9.17, 15) is 4.79 Å². The third-order valence-corrected chi connectivity index (χ3v) is 3.45. The van der Waals surface area contributed by atoms with Crippen molar-refractivity contribution in [3.05, 3.63) is 29.8 Å². The van der Waals surface area contributed by atoms with Crippen molar-refractivity contribution >= 4 is 11.7 Å². The molecule has 1 aromatic rings. The van der Waals surface area contributed by atoms with Crippen LogP contribution in [0.2, 0.25) is 0 Å². The Morgan fingerprint density at radius 2 is 2.00 bits per heavy atom. The van der Waals surface area contributed by atoms with Crippen molar-refractivity contribution in [1.82, 2.24) is 5.32 Å². The average Bonchev–Trinajstić information content (AvgIpc) is 2.53. The number of ether oxygens (including phenoxy) is 2. The Morgan fingerprint density at radius 1 is 1.29 bits per heavy atom. The lowest BCUT2D eigenvalue weighted by Crippen LogP contribution is -2.36. The van der Waals surface area contributed by atoms with Gasteiger partial charge in [-0.25, -0.2) is 0 Å². The van der Waals surface area contributed by atoms with Crippen molar-refractivity contribution in [2.75, 3.05) is 44.4 Å². The minimum atomic E-state index is -0.146. The zero-order valence-corrected chi connectivity index (χ0v) is 12.6. The molecule has 1 fully saturated rings. The predicted octanol–water partition coefficient (Wildman–Crippen LogP) is 1.57. The largest absolute Gasteiger partial charge is 0.466 e. The van der Waals surface area contributed by atoms with Gasteiger partial charge in [-0.3, -0.25) is 4.79 Å². The topological polar surface area (TPSA) is 50.8 Å². The summed E-state index contributed by atoms with van der Waals surface area (Å²) in [5.41, 5.74) is 2.46. The van der Waals surface area contributed by atoms with Crippen LogP contribution in [0.4, 0.5) is 5.69 Å². The van der Waals surface area contributed by atoms with Crippen molar-refractivity contribution in [3.63, 3.8) is 0 Å². The molecule has 0 saturated carbocycles. The van der Waals surface area contributed by atoms with Gasteiger partial charge in [0.2, 0.25) is 0 Å². The Morgan fingerprint density at radius 3 is 2.67 bits per heavy atom. The smallest absolute Gasteiger partial charge is 0.307 e. The van der Waals surface area contributed by atoms with Gasteiger partial charge in [-0.2, -0.15) is 0 Å². The Labute approximate surface area is 126 Å². The molecule has 116 valence electrons. The molecular formula is C16H24N2O3. The van der Waals surface area contributed by atoms with E-state index >= 15 is 0 Å². The molecule has 1 aliphatic heterocycles. The molecule has 21 heavy (non-hydrogen) atoms. The first-order chi connectivity index (χ1) is 10.3. The number of hydrogen-bond donors (Lipinski definition) is 1. The fourth-order valence-electron chi connectivity index (χ4n) is 2.30. The normalized spacial score (nSPS) is 15.0. The first-order valence-electron chi connectivity index (χ1n) is 7.57. The van der Waals surface area contributed by atoms with E-state index in [1.807, 2.05) is 6.92 Å². The number of carbonyl (C=O) groups is 1. The van der Waals surface area contributed by atoms with Gasteiger partial charge >= 0.3 is 5.97 Å². The molecule has 1 saturated heterocycles. The molecule has 0 radical (unpaired) electrons. The summed E-state index contributed by atoms with van der Waals surface area (Å²) < 4.78 is 10.2. The van der Waals surface area contributed by atoms with Crippen LogP contribution in [0.3, 0.4) is 0 Å². The minimum absolute atomic E-state index is 0.146. The van der Waals surface area contributed by atoms with E-state index in [1.54, 1.807) is 0 Å². The van der Waals surface area contributed by atoms with Crippen molar-refractivity contribution < 1.29 is 14.3 Å². The van der Waals surface area contributed by atoms with Gasteiger partial charge in [-0.1, -0.05) is 12.1 Å². The van der Waals surface area contributed by atoms with Crippen LogP contribution in [-0.2, 0) is 20.8 Å². The lowest BCUT2D eigenvalue weighted by molar-refractivity contribution is -0.142. The second kappa shape index (κ2) is 8.64. The standard InChI is InChI=1S/C16H24N2O3/c1-2-21-16(19)7-8-17-13-14-3-5-15(6-4-14)18-9-11-20-12-10-18/h3-6,17H,2,7-13H2,1H3. The number of morpholine rings is 1. The Hall–Kier alpha value is -1.59. The molecule has 5 heteroatoms. The fraction of sp³-hybridized carbons (Fsp3) is 0.562. The number of hydrogen-bond acceptors (Lipinski definition) is 5. The second-order valence-electron chi connectivity index (χ2n) is 5.00. The molecule has 0 atom stereocenters. The number of rotatable bonds is 7. The SMILES string of the molecule is CCOC(=O)CCNCc1ccc(N2CCOCC2)cc1. The molecular weight excluding hydrogens is 268 g/mol. The monoisotopic (exact) mass is 292 g/mol. The van der Waals surface area contributed by atoms with Crippen LogP contribution in [0, 0.1) is 0 Å². The molecule has 0 aliphatic carbocycles. The highest BCUT2D eigenvalue weighted by Crippen LogP contribution is 2.16. The van der Waals surface area contributed by atoms with Crippen LogP contribution in [0.1, 0.15) is 18.9 Å². The number of nitrogens with zero attached hydrogens (tertiary/aromatic N) is 1. The van der Waals surface area contributed by atoms with Gasteiger partial charge in [0.1, 0.15) is 0 Å². The third kappa shape index (κ3) is 5.36. The zero-order chi connectivity index (χ0) is 14.9. The predicted molar refractivity (Wildman–Crippen MR) is 82.4 cm³/mol. The van der Waals surface area contributed by atoms with E-state index in [2.05, 4.69) is 34.5 Å². The van der Waals surface area contributed by atoms with Gasteiger partial charge in [0.05, 0.1) is 26.2 Å². The van der Waals surface area contributed by atoms with E-state index in [0.717, 1.165) is 32.8 Å². The van der Waals surface area contributed by atoms with Crippen molar-refractivity contribution in [3.8, 4) is 0 Å². The van der Waals surface area contributed by atoms with Crippen LogP contribution in [0.15, 0.2) is 24.3 Å². The maximum absolute atomic E-state index is 11.2. The second-order valence-corrected chi connectivity index (χ2v) is 5.00. The van der Waals surface area contributed by atoms with E-state index in [1.165, 1.54) is 11.3 Å². The zero-order valence-electron chi connectivity index (χ0n) is 12.6. The van der Waals surface area contributed by atoms with E-state index in [-0.39, 0.29) is 5.97 Å². The van der Waals surface area contributed by atoms with Crippen molar-refractivity contribution in [2.24, 2.45) is 0 Å². The lowest BCUT2D eigenvalue weighted by atomic mass is 10.2. The lowest BCUT2D eigenvalue weighted by Gasteiger charge is -2.28. The quantitative estimate of drug-likeness (QED) is 0.610. The molecule has 0 aromatic heterocycles. The summed E-state index contributed by atoms with van der Waals surface area (Å²) in [5, 5.41) is 3.26. The third-order valence-electron chi connectivity index (χ3n) is 3.45. The molecule has 1 N–H and O–H groups in total. The van der Waals surface area contributed by atoms with Crippen LogP contribution in [0.5, 0.6) is 0 Å². The highest BCUT2D eigenvalue weighted by atomic mass is 16.5. The van der Waals surface area contributed by atoms with Gasteiger partial charge in [-0.15, -0.1) is 0 Å². The van der Waals surface area contributed by atoms with Crippen LogP contribution in [-0.4, -0.2) is 45.4 Å². The van der Waals surface area contributed by atoms with E-state index in [0.29, 0.717) is 19.6 Å². The van der Waals surface area contributed by atoms with Gasteiger partial charge in [0.25, 0.3) is 0 Å². The molecule has 5 nitrogen and oxygen atoms in total. The first kappa shape index (κ1) is 15.8. The van der Waals surface area contributed by atoms with Gasteiger partial charge in [0.15, 0.2) is 0 Å². The highest BCUT2D eigenvalue weighted by molar-refractivity contribution is 5.69. The maximum Gasteiger partial charge on any atom is 0.307 e. The fourth-order valence-corrected chi connectivity index (χ4v) is 2.30. The summed E-state index contributed by atoms with van der Waals surface area (Å²) in [6.45, 7) is 7.19. The van der Waals surface area contributed by atoms with Gasteiger partial charge in [-0.05, 0) is 24.6 Å². The summed E-state index contributed by atoms with van der Waals surface area (Å²) in [7, 11) is 0. The molecule has 0 spiro atoms. The molecule has 2 rings (SSSR count). The number of anilines is 1. The summed E-state index contributed by atoms with van der Waals surface area (Å²) in [6, 6.07) is 8.55. The van der Waals surface area contributed by atoms with Crippen LogP contribution < -0.4 is 10.2 Å². The van der Waals surface area contributed by atoms with Gasteiger partial charge in [0, 0.05) is 31.9 Å². The van der Waals surface area contributed by atoms with E-state index in [4.69, 9.17) is 9.47 Å². The molecule has 1 heterocycles. The molecule has 0 amide bonds. The molecule has 1 aromatic carbocycles. The minimum Gasteiger partial charge on any atom is -0.466 e. The van der Waals surface area contributed by atoms with Crippen LogP contribution >= 0.6 is 0 Å². The summed E-state index contributed by atoms with van der Waals surface area (Å²) in [6.07, 6.45) is 0.416. The number of esters is 1. The molecule has 0 bridgehead atoms. The van der Waals surface area contributed by atoms with Crippen molar-refractivity contribution in [1.29, 1.82) is 0 Å². The van der Waals surface area contributed by atoms with Gasteiger partial charge < -0.3 is 19.7 Å². The average molecular weight is 292 g/mol. The number of carbonyl (C=O) groups excluding carboxylic acids is 1. The Bertz CT molecular complexity index is 428. The Balaban J connectivity index is 1.71. The summed E-state index contributed by atoms with van der Waals surface area (Å²) in [5.74, 6) is -0.146. The highest BCUT2D eigenvalue weighted by Gasteiger charge is 2.10. The number of nitrogens with one attached hydrogen (secondary N) is 1. The summed E-state index contributed by atoms with van der Waals surface area (Å²) >= 11 is 0. The van der Waals surface area contributed by atoms with E-state index < -0.39 is 0 Å². The molecule has 1 aliphatic rings. The Kier molecular flexibility index (Phi) is 6.50. The van der Waals surface area contributed by atoms with Crippen molar-refractivity contribution in [2.45, 2.75) is 19.9 Å². The van der Waals surface area contributed by atoms with Crippen LogP contribution in [0.25, 0.3) is 0 Å². The maximum atomic E-state index is 11.2. The number of benzene rings is 1. The first-order valence-corrected chi connectivity index (χ1v) is 7.57. The molecule has 0 unspecified atom stereocenters. The summed E-state index contributed by atoms with van der Waals surface area (Å²) in [4.78, 5) is 13.5.